The van der Waals surface area contributed by atoms with Crippen molar-refractivity contribution in [3.8, 4) is 5.75 Å². The Hall–Kier alpha value is -2.23. The predicted octanol–water partition coefficient (Wildman–Crippen LogP) is 2.57. The summed E-state index contributed by atoms with van der Waals surface area (Å²) < 4.78 is 10.2. The summed E-state index contributed by atoms with van der Waals surface area (Å²) in [5.41, 5.74) is 1.75. The van der Waals surface area contributed by atoms with Crippen LogP contribution in [0, 0.1) is 6.92 Å². The molecule has 0 radical (unpaired) electrons. The zero-order valence-electron chi connectivity index (χ0n) is 11.1. The Bertz CT molecular complexity index is 543. The van der Waals surface area contributed by atoms with Crippen molar-refractivity contribution in [2.24, 2.45) is 0 Å². The second-order valence-electron chi connectivity index (χ2n) is 4.24. The number of carbonyl (C=O) groups is 1. The molecule has 0 aliphatic rings. The van der Waals surface area contributed by atoms with Crippen LogP contribution in [-0.2, 0) is 6.42 Å². The van der Waals surface area contributed by atoms with Gasteiger partial charge in [-0.3, -0.25) is 4.79 Å². The maximum atomic E-state index is 11.8. The number of methoxy groups -OCH3 is 1. The Kier molecular flexibility index (Phi) is 4.23. The zero-order chi connectivity index (χ0) is 13.7. The van der Waals surface area contributed by atoms with Crippen molar-refractivity contribution in [1.82, 2.24) is 5.32 Å². The molecule has 4 nitrogen and oxygen atoms in total. The van der Waals surface area contributed by atoms with Gasteiger partial charge in [0, 0.05) is 6.54 Å². The van der Waals surface area contributed by atoms with E-state index in [1.165, 1.54) is 6.26 Å². The van der Waals surface area contributed by atoms with E-state index in [0.29, 0.717) is 17.9 Å². The first-order valence-corrected chi connectivity index (χ1v) is 6.16. The highest BCUT2D eigenvalue weighted by Gasteiger charge is 2.10. The number of hydrogen-bond acceptors (Lipinski definition) is 3. The van der Waals surface area contributed by atoms with Gasteiger partial charge in [-0.1, -0.05) is 12.1 Å². The van der Waals surface area contributed by atoms with E-state index >= 15 is 0 Å². The number of furan rings is 1. The maximum absolute atomic E-state index is 11.8. The van der Waals surface area contributed by atoms with E-state index in [1.807, 2.05) is 24.3 Å². The largest absolute Gasteiger partial charge is 0.497 e. The van der Waals surface area contributed by atoms with Gasteiger partial charge in [-0.05, 0) is 37.1 Å². The Morgan fingerprint density at radius 1 is 1.26 bits per heavy atom. The zero-order valence-corrected chi connectivity index (χ0v) is 11.1. The van der Waals surface area contributed by atoms with Crippen molar-refractivity contribution in [3.63, 3.8) is 0 Å². The molecule has 0 spiro atoms. The van der Waals surface area contributed by atoms with Crippen LogP contribution in [0.15, 0.2) is 41.0 Å². The lowest BCUT2D eigenvalue weighted by Crippen LogP contribution is -2.25. The Balaban J connectivity index is 1.83. The highest BCUT2D eigenvalue weighted by Crippen LogP contribution is 2.11. The number of rotatable bonds is 5. The molecular weight excluding hydrogens is 242 g/mol. The smallest absolute Gasteiger partial charge is 0.254 e. The topological polar surface area (TPSA) is 51.5 Å². The number of ether oxygens (including phenoxy) is 1. The van der Waals surface area contributed by atoms with Crippen LogP contribution in [0.3, 0.4) is 0 Å². The van der Waals surface area contributed by atoms with Gasteiger partial charge in [0.25, 0.3) is 5.91 Å². The molecule has 1 amide bonds. The van der Waals surface area contributed by atoms with Crippen LogP contribution in [0.25, 0.3) is 0 Å². The van der Waals surface area contributed by atoms with Crippen LogP contribution in [0.4, 0.5) is 0 Å². The minimum Gasteiger partial charge on any atom is -0.497 e. The van der Waals surface area contributed by atoms with Crippen LogP contribution >= 0.6 is 0 Å². The van der Waals surface area contributed by atoms with E-state index < -0.39 is 0 Å². The van der Waals surface area contributed by atoms with Crippen LogP contribution in [-0.4, -0.2) is 19.6 Å². The summed E-state index contributed by atoms with van der Waals surface area (Å²) in [6.45, 7) is 2.37. The second kappa shape index (κ2) is 6.09. The monoisotopic (exact) mass is 259 g/mol. The van der Waals surface area contributed by atoms with Gasteiger partial charge in [-0.25, -0.2) is 0 Å². The third-order valence-corrected chi connectivity index (χ3v) is 2.96. The fraction of sp³-hybridized carbons (Fsp3) is 0.267. The molecule has 2 aromatic rings. The van der Waals surface area contributed by atoms with Gasteiger partial charge >= 0.3 is 0 Å². The molecule has 0 unspecified atom stereocenters. The molecule has 100 valence electrons. The lowest BCUT2D eigenvalue weighted by molar-refractivity contribution is 0.0952. The van der Waals surface area contributed by atoms with Crippen molar-refractivity contribution in [1.29, 1.82) is 0 Å². The molecule has 4 heteroatoms. The molecular formula is C15H17NO3. The van der Waals surface area contributed by atoms with Crippen LogP contribution in [0.1, 0.15) is 21.7 Å². The van der Waals surface area contributed by atoms with E-state index in [2.05, 4.69) is 5.32 Å². The van der Waals surface area contributed by atoms with E-state index in [1.54, 1.807) is 20.1 Å². The first kappa shape index (κ1) is 13.2. The highest BCUT2D eigenvalue weighted by atomic mass is 16.5. The summed E-state index contributed by atoms with van der Waals surface area (Å²) in [6, 6.07) is 9.50. The lowest BCUT2D eigenvalue weighted by atomic mass is 10.1. The van der Waals surface area contributed by atoms with E-state index in [4.69, 9.17) is 9.15 Å². The van der Waals surface area contributed by atoms with Gasteiger partial charge < -0.3 is 14.5 Å². The Morgan fingerprint density at radius 2 is 2.00 bits per heavy atom. The maximum Gasteiger partial charge on any atom is 0.254 e. The van der Waals surface area contributed by atoms with Gasteiger partial charge in [0.15, 0.2) is 0 Å². The Labute approximate surface area is 112 Å². The third-order valence-electron chi connectivity index (χ3n) is 2.96. The first-order valence-electron chi connectivity index (χ1n) is 6.16. The molecule has 1 heterocycles. The van der Waals surface area contributed by atoms with Crippen molar-refractivity contribution in [3.05, 3.63) is 53.5 Å². The number of benzene rings is 1. The van der Waals surface area contributed by atoms with Gasteiger partial charge in [0.05, 0.1) is 18.9 Å². The van der Waals surface area contributed by atoms with Gasteiger partial charge in [-0.15, -0.1) is 0 Å². The summed E-state index contributed by atoms with van der Waals surface area (Å²) >= 11 is 0. The molecule has 0 saturated carbocycles. The fourth-order valence-corrected chi connectivity index (χ4v) is 1.83. The summed E-state index contributed by atoms with van der Waals surface area (Å²) in [5.74, 6) is 1.38. The quantitative estimate of drug-likeness (QED) is 0.897. The summed E-state index contributed by atoms with van der Waals surface area (Å²) in [7, 11) is 1.64. The fourth-order valence-electron chi connectivity index (χ4n) is 1.83. The molecule has 0 bridgehead atoms. The van der Waals surface area contributed by atoms with Crippen molar-refractivity contribution < 1.29 is 13.9 Å². The average Bonchev–Trinajstić information content (AvgIpc) is 2.86. The van der Waals surface area contributed by atoms with E-state index in [-0.39, 0.29) is 5.91 Å². The molecule has 0 aliphatic carbocycles. The molecule has 1 aromatic carbocycles. The molecule has 0 fully saturated rings. The molecule has 1 aromatic heterocycles. The van der Waals surface area contributed by atoms with Crippen LogP contribution < -0.4 is 10.1 Å². The molecule has 0 saturated heterocycles. The number of amides is 1. The lowest BCUT2D eigenvalue weighted by Gasteiger charge is -2.05. The third kappa shape index (κ3) is 3.37. The predicted molar refractivity (Wildman–Crippen MR) is 72.5 cm³/mol. The number of hydrogen-bond donors (Lipinski definition) is 1. The molecule has 0 atom stereocenters. The van der Waals surface area contributed by atoms with Crippen LogP contribution in [0.5, 0.6) is 5.75 Å². The van der Waals surface area contributed by atoms with Crippen molar-refractivity contribution in [2.75, 3.05) is 13.7 Å². The first-order chi connectivity index (χ1) is 9.20. The molecule has 2 rings (SSSR count). The highest BCUT2D eigenvalue weighted by molar-refractivity contribution is 5.94. The van der Waals surface area contributed by atoms with Gasteiger partial charge in [0.2, 0.25) is 0 Å². The minimum atomic E-state index is -0.0974. The van der Waals surface area contributed by atoms with E-state index in [9.17, 15) is 4.79 Å². The molecule has 0 aliphatic heterocycles. The van der Waals surface area contributed by atoms with Crippen molar-refractivity contribution in [2.45, 2.75) is 13.3 Å². The normalized spacial score (nSPS) is 10.2. The van der Waals surface area contributed by atoms with E-state index in [0.717, 1.165) is 17.7 Å². The standard InChI is InChI=1S/C15H17NO3/c1-11-14(8-10-19-11)15(17)16-9-7-12-3-5-13(18-2)6-4-12/h3-6,8,10H,7,9H2,1-2H3,(H,16,17). The minimum absolute atomic E-state index is 0.0974. The van der Waals surface area contributed by atoms with Gasteiger partial charge in [-0.2, -0.15) is 0 Å². The Morgan fingerprint density at radius 3 is 2.58 bits per heavy atom. The molecule has 1 N–H and O–H groups in total. The molecule has 19 heavy (non-hydrogen) atoms. The second-order valence-corrected chi connectivity index (χ2v) is 4.24. The van der Waals surface area contributed by atoms with Crippen molar-refractivity contribution >= 4 is 5.91 Å². The average molecular weight is 259 g/mol. The SMILES string of the molecule is COc1ccc(CCNC(=O)c2ccoc2C)cc1. The summed E-state index contributed by atoms with van der Waals surface area (Å²) in [6.07, 6.45) is 2.31. The van der Waals surface area contributed by atoms with Gasteiger partial charge in [0.1, 0.15) is 11.5 Å². The van der Waals surface area contributed by atoms with Crippen LogP contribution in [0.2, 0.25) is 0 Å². The number of aryl methyl sites for hydroxylation is 1. The summed E-state index contributed by atoms with van der Waals surface area (Å²) in [5, 5.41) is 2.87. The number of nitrogens with one attached hydrogen (secondary N) is 1. The number of carbonyl (C=O) groups excluding carboxylic acids is 1. The summed E-state index contributed by atoms with van der Waals surface area (Å²) in [4.78, 5) is 11.8.